The third-order valence-electron chi connectivity index (χ3n) is 6.56. The summed E-state index contributed by atoms with van der Waals surface area (Å²) in [7, 11) is 1.60. The zero-order chi connectivity index (χ0) is 25.6. The van der Waals surface area contributed by atoms with Gasteiger partial charge in [0, 0.05) is 49.9 Å². The normalized spacial score (nSPS) is 14.5. The molecule has 2 aromatic heterocycles. The van der Waals surface area contributed by atoms with Gasteiger partial charge in [0.05, 0.1) is 41.4 Å². The molecule has 0 N–H and O–H groups in total. The standard InChI is InChI=1S/C26H25F3N4O3/c1-3-32-21-9-8-19(14-20(21)22(15-24(32)34)31-10-12-36-13-11-31)33-23(16-30(2)25(33)35)17-4-6-18(7-5-17)26(27,28)29/h4-9,14-16H,3,10-13H2,1-2H3. The van der Waals surface area contributed by atoms with Crippen LogP contribution >= 0.6 is 0 Å². The first-order valence-corrected chi connectivity index (χ1v) is 11.7. The molecule has 1 aliphatic heterocycles. The van der Waals surface area contributed by atoms with Crippen molar-refractivity contribution in [2.24, 2.45) is 7.05 Å². The van der Waals surface area contributed by atoms with Gasteiger partial charge in [-0.1, -0.05) is 12.1 Å². The van der Waals surface area contributed by atoms with E-state index in [1.807, 2.05) is 19.1 Å². The van der Waals surface area contributed by atoms with E-state index in [1.54, 1.807) is 29.9 Å². The molecule has 1 aliphatic rings. The number of pyridine rings is 1. The van der Waals surface area contributed by atoms with Gasteiger partial charge in [-0.25, -0.2) is 4.79 Å². The zero-order valence-corrected chi connectivity index (χ0v) is 19.9. The summed E-state index contributed by atoms with van der Waals surface area (Å²) >= 11 is 0. The number of ether oxygens (including phenoxy) is 1. The van der Waals surface area contributed by atoms with E-state index >= 15 is 0 Å². The Hall–Kier alpha value is -3.79. The van der Waals surface area contributed by atoms with Gasteiger partial charge in [-0.3, -0.25) is 9.36 Å². The molecular weight excluding hydrogens is 473 g/mol. The first-order valence-electron chi connectivity index (χ1n) is 11.7. The molecule has 188 valence electrons. The maximum Gasteiger partial charge on any atom is 0.416 e. The van der Waals surface area contributed by atoms with E-state index in [2.05, 4.69) is 4.90 Å². The smallest absolute Gasteiger partial charge is 0.378 e. The molecule has 5 rings (SSSR count). The number of alkyl halides is 3. The molecule has 0 aliphatic carbocycles. The number of anilines is 1. The second kappa shape index (κ2) is 9.02. The Balaban J connectivity index is 1.70. The van der Waals surface area contributed by atoms with Crippen molar-refractivity contribution in [1.82, 2.24) is 13.7 Å². The van der Waals surface area contributed by atoms with Crippen LogP contribution in [0, 0.1) is 0 Å². The van der Waals surface area contributed by atoms with Crippen molar-refractivity contribution in [3.8, 4) is 16.9 Å². The van der Waals surface area contributed by atoms with Crippen LogP contribution in [0.25, 0.3) is 27.8 Å². The lowest BCUT2D eigenvalue weighted by Gasteiger charge is -2.30. The quantitative estimate of drug-likeness (QED) is 0.426. The van der Waals surface area contributed by atoms with Crippen molar-refractivity contribution in [2.45, 2.75) is 19.6 Å². The molecule has 0 atom stereocenters. The zero-order valence-electron chi connectivity index (χ0n) is 19.9. The molecule has 0 unspecified atom stereocenters. The average molecular weight is 499 g/mol. The SMILES string of the molecule is CCn1c(=O)cc(N2CCOCC2)c2cc(-n3c(-c4ccc(C(F)(F)F)cc4)cn(C)c3=O)ccc21. The molecule has 2 aromatic carbocycles. The van der Waals surface area contributed by atoms with Gasteiger partial charge >= 0.3 is 11.9 Å². The Morgan fingerprint density at radius 1 is 0.972 bits per heavy atom. The van der Waals surface area contributed by atoms with Crippen molar-refractivity contribution in [3.63, 3.8) is 0 Å². The predicted octanol–water partition coefficient (Wildman–Crippen LogP) is 4.03. The highest BCUT2D eigenvalue weighted by molar-refractivity contribution is 5.93. The molecule has 3 heterocycles. The molecular formula is C26H25F3N4O3. The van der Waals surface area contributed by atoms with Crippen LogP contribution in [0.5, 0.6) is 0 Å². The topological polar surface area (TPSA) is 61.4 Å². The van der Waals surface area contributed by atoms with Crippen LogP contribution in [-0.4, -0.2) is 40.0 Å². The highest BCUT2D eigenvalue weighted by atomic mass is 19.4. The third-order valence-corrected chi connectivity index (χ3v) is 6.56. The Morgan fingerprint density at radius 2 is 1.67 bits per heavy atom. The summed E-state index contributed by atoms with van der Waals surface area (Å²) < 4.78 is 49.2. The minimum atomic E-state index is -4.45. The number of nitrogens with zero attached hydrogens (tertiary/aromatic N) is 4. The summed E-state index contributed by atoms with van der Waals surface area (Å²) in [5.74, 6) is 0. The summed E-state index contributed by atoms with van der Waals surface area (Å²) in [5, 5.41) is 0.810. The van der Waals surface area contributed by atoms with Gasteiger partial charge in [-0.15, -0.1) is 0 Å². The highest BCUT2D eigenvalue weighted by Crippen LogP contribution is 2.32. The lowest BCUT2D eigenvalue weighted by Crippen LogP contribution is -2.37. The number of fused-ring (bicyclic) bond motifs is 1. The summed E-state index contributed by atoms with van der Waals surface area (Å²) in [4.78, 5) is 28.1. The fourth-order valence-electron chi connectivity index (χ4n) is 4.73. The number of imidazole rings is 1. The fourth-order valence-corrected chi connectivity index (χ4v) is 4.73. The van der Waals surface area contributed by atoms with Gasteiger partial charge in [0.2, 0.25) is 0 Å². The van der Waals surface area contributed by atoms with Crippen LogP contribution in [-0.2, 0) is 24.5 Å². The number of aryl methyl sites for hydroxylation is 2. The van der Waals surface area contributed by atoms with Crippen molar-refractivity contribution < 1.29 is 17.9 Å². The molecule has 1 saturated heterocycles. The van der Waals surface area contributed by atoms with Gasteiger partial charge in [0.25, 0.3) is 5.56 Å². The maximum absolute atomic E-state index is 13.2. The Bertz CT molecular complexity index is 1540. The van der Waals surface area contributed by atoms with Crippen LogP contribution < -0.4 is 16.1 Å². The molecule has 0 bridgehead atoms. The first-order chi connectivity index (χ1) is 17.2. The Labute approximate surface area is 204 Å². The Morgan fingerprint density at radius 3 is 2.31 bits per heavy atom. The van der Waals surface area contributed by atoms with Crippen LogP contribution in [0.15, 0.2) is 64.3 Å². The van der Waals surface area contributed by atoms with Crippen LogP contribution in [0.2, 0.25) is 0 Å². The molecule has 0 radical (unpaired) electrons. The summed E-state index contributed by atoms with van der Waals surface area (Å²) in [6, 6.07) is 11.8. The number of hydrogen-bond donors (Lipinski definition) is 0. The average Bonchev–Trinajstić information content (AvgIpc) is 3.17. The monoisotopic (exact) mass is 498 g/mol. The van der Waals surface area contributed by atoms with E-state index in [9.17, 15) is 22.8 Å². The van der Waals surface area contributed by atoms with Crippen LogP contribution in [0.4, 0.5) is 18.9 Å². The molecule has 10 heteroatoms. The maximum atomic E-state index is 13.2. The molecule has 36 heavy (non-hydrogen) atoms. The fraction of sp³-hybridized carbons (Fsp3) is 0.308. The molecule has 4 aromatic rings. The van der Waals surface area contributed by atoms with Gasteiger partial charge in [-0.05, 0) is 37.3 Å². The van der Waals surface area contributed by atoms with E-state index in [0.29, 0.717) is 49.8 Å². The van der Waals surface area contributed by atoms with Gasteiger partial charge in [0.15, 0.2) is 0 Å². The third kappa shape index (κ3) is 4.11. The molecule has 0 saturated carbocycles. The molecule has 1 fully saturated rings. The van der Waals surface area contributed by atoms with Crippen molar-refractivity contribution in [3.05, 3.63) is 81.1 Å². The van der Waals surface area contributed by atoms with Gasteiger partial charge in [0.1, 0.15) is 0 Å². The number of benzene rings is 2. The number of rotatable bonds is 4. The van der Waals surface area contributed by atoms with E-state index in [4.69, 9.17) is 4.74 Å². The second-order valence-electron chi connectivity index (χ2n) is 8.73. The molecule has 0 amide bonds. The van der Waals surface area contributed by atoms with Crippen LogP contribution in [0.1, 0.15) is 12.5 Å². The van der Waals surface area contributed by atoms with E-state index < -0.39 is 11.7 Å². The first kappa shape index (κ1) is 23.9. The number of hydrogen-bond acceptors (Lipinski definition) is 4. The minimum Gasteiger partial charge on any atom is -0.378 e. The summed E-state index contributed by atoms with van der Waals surface area (Å²) in [5.41, 5.74) is 1.82. The molecule has 0 spiro atoms. The lowest BCUT2D eigenvalue weighted by atomic mass is 10.1. The lowest BCUT2D eigenvalue weighted by molar-refractivity contribution is -0.137. The largest absolute Gasteiger partial charge is 0.416 e. The van der Waals surface area contributed by atoms with E-state index in [1.165, 1.54) is 21.3 Å². The van der Waals surface area contributed by atoms with Gasteiger partial charge in [-0.2, -0.15) is 13.2 Å². The van der Waals surface area contributed by atoms with Crippen molar-refractivity contribution in [1.29, 1.82) is 0 Å². The van der Waals surface area contributed by atoms with Gasteiger partial charge < -0.3 is 18.8 Å². The van der Waals surface area contributed by atoms with Crippen LogP contribution in [0.3, 0.4) is 0 Å². The number of halogens is 3. The summed E-state index contributed by atoms with van der Waals surface area (Å²) in [6.07, 6.45) is -2.84. The number of morpholine rings is 1. The number of aromatic nitrogens is 3. The van der Waals surface area contributed by atoms with E-state index in [0.717, 1.165) is 28.7 Å². The van der Waals surface area contributed by atoms with Crippen molar-refractivity contribution >= 4 is 16.6 Å². The predicted molar refractivity (Wildman–Crippen MR) is 132 cm³/mol. The second-order valence-corrected chi connectivity index (χ2v) is 8.73. The Kier molecular flexibility index (Phi) is 5.99. The summed E-state index contributed by atoms with van der Waals surface area (Å²) in [6.45, 7) is 4.75. The minimum absolute atomic E-state index is 0.110. The molecule has 7 nitrogen and oxygen atoms in total. The van der Waals surface area contributed by atoms with E-state index in [-0.39, 0.29) is 11.2 Å². The highest BCUT2D eigenvalue weighted by Gasteiger charge is 2.30. The van der Waals surface area contributed by atoms with Crippen molar-refractivity contribution in [2.75, 3.05) is 31.2 Å².